The number of benzene rings is 2. The van der Waals surface area contributed by atoms with E-state index in [1.165, 1.54) is 25.0 Å². The molecule has 4 nitrogen and oxygen atoms in total. The summed E-state index contributed by atoms with van der Waals surface area (Å²) in [5.41, 5.74) is 0.965. The molecular weight excluding hydrogens is 426 g/mol. The number of hydrogen-bond donors (Lipinski definition) is 2. The fraction of sp³-hybridized carbons (Fsp3) is 0.238. The molecule has 2 N–H and O–H groups in total. The van der Waals surface area contributed by atoms with Crippen LogP contribution in [0.4, 0.5) is 26.2 Å². The number of anilines is 3. The Morgan fingerprint density at radius 3 is 2.61 bits per heavy atom. The van der Waals surface area contributed by atoms with Crippen LogP contribution in [0, 0.1) is 17.6 Å². The second-order valence-electron chi connectivity index (χ2n) is 6.93. The summed E-state index contributed by atoms with van der Waals surface area (Å²) in [6.45, 7) is 3.85. The largest absolute Gasteiger partial charge is 0.366 e. The molecule has 7 heteroatoms. The molecule has 1 aliphatic rings. The van der Waals surface area contributed by atoms with E-state index in [0.717, 1.165) is 22.3 Å². The van der Waals surface area contributed by atoms with E-state index in [1.807, 2.05) is 24.3 Å². The maximum absolute atomic E-state index is 13.5. The molecule has 0 saturated heterocycles. The molecule has 0 spiro atoms. The Balaban J connectivity index is 1.74. The van der Waals surface area contributed by atoms with Gasteiger partial charge >= 0.3 is 0 Å². The van der Waals surface area contributed by atoms with Crippen LogP contribution in [0.3, 0.4) is 0 Å². The monoisotopic (exact) mass is 444 g/mol. The minimum absolute atomic E-state index is 0.244. The summed E-state index contributed by atoms with van der Waals surface area (Å²) >= 11 is 3.53. The predicted octanol–water partition coefficient (Wildman–Crippen LogP) is 6.18. The van der Waals surface area contributed by atoms with Crippen molar-refractivity contribution in [3.05, 3.63) is 65.2 Å². The second-order valence-corrected chi connectivity index (χ2v) is 7.78. The van der Waals surface area contributed by atoms with Crippen molar-refractivity contribution < 1.29 is 8.78 Å². The first-order chi connectivity index (χ1) is 13.5. The summed E-state index contributed by atoms with van der Waals surface area (Å²) in [5, 5.41) is 7.32. The third kappa shape index (κ3) is 4.14. The normalized spacial score (nSPS) is 14.7. The molecule has 0 bridgehead atoms. The average molecular weight is 445 g/mol. The molecule has 1 saturated carbocycles. The highest BCUT2D eigenvalue weighted by Gasteiger charge is 2.31. The number of nitrogens with zero attached hydrogens (tertiary/aromatic N) is 2. The molecular formula is C21H19BrF2N4. The van der Waals surface area contributed by atoms with Gasteiger partial charge in [0.05, 0.1) is 5.52 Å². The summed E-state index contributed by atoms with van der Waals surface area (Å²) < 4.78 is 27.9. The van der Waals surface area contributed by atoms with Crippen LogP contribution < -0.4 is 10.6 Å². The Morgan fingerprint density at radius 1 is 1.18 bits per heavy atom. The molecule has 0 unspecified atom stereocenters. The van der Waals surface area contributed by atoms with Crippen molar-refractivity contribution in [1.29, 1.82) is 0 Å². The van der Waals surface area contributed by atoms with Gasteiger partial charge < -0.3 is 10.6 Å². The van der Waals surface area contributed by atoms with E-state index in [1.54, 1.807) is 0 Å². The highest BCUT2D eigenvalue weighted by molar-refractivity contribution is 9.10. The van der Waals surface area contributed by atoms with Gasteiger partial charge in [-0.25, -0.2) is 13.8 Å². The molecule has 0 aliphatic heterocycles. The molecule has 2 aromatic carbocycles. The molecule has 4 rings (SSSR count). The number of halogens is 3. The highest BCUT2D eigenvalue weighted by Crippen LogP contribution is 2.37. The van der Waals surface area contributed by atoms with Gasteiger partial charge in [0.15, 0.2) is 0 Å². The molecule has 3 aromatic rings. The number of aromatic nitrogens is 2. The van der Waals surface area contributed by atoms with Gasteiger partial charge in [0.2, 0.25) is 5.95 Å². The van der Waals surface area contributed by atoms with Crippen molar-refractivity contribution in [2.24, 2.45) is 5.92 Å². The quantitative estimate of drug-likeness (QED) is 0.427. The van der Waals surface area contributed by atoms with Crippen LogP contribution in [0.15, 0.2) is 53.5 Å². The van der Waals surface area contributed by atoms with Crippen LogP contribution in [-0.2, 0) is 0 Å². The van der Waals surface area contributed by atoms with E-state index in [0.29, 0.717) is 17.3 Å². The topological polar surface area (TPSA) is 49.8 Å². The minimum atomic E-state index is -0.664. The lowest BCUT2D eigenvalue weighted by Crippen LogP contribution is -2.22. The molecule has 0 amide bonds. The fourth-order valence-corrected chi connectivity index (χ4v) is 3.72. The molecule has 1 atom stereocenters. The van der Waals surface area contributed by atoms with E-state index >= 15 is 0 Å². The van der Waals surface area contributed by atoms with E-state index in [-0.39, 0.29) is 17.7 Å². The Hall–Kier alpha value is -2.54. The number of rotatable bonds is 7. The molecule has 1 aliphatic carbocycles. The van der Waals surface area contributed by atoms with Gasteiger partial charge in [0.1, 0.15) is 17.5 Å². The van der Waals surface area contributed by atoms with Gasteiger partial charge in [-0.05, 0) is 65.4 Å². The summed E-state index contributed by atoms with van der Waals surface area (Å²) in [6.07, 6.45) is 5.11. The summed E-state index contributed by atoms with van der Waals surface area (Å²) in [5.74, 6) is 0.221. The Kier molecular flexibility index (Phi) is 5.26. The zero-order valence-corrected chi connectivity index (χ0v) is 16.6. The van der Waals surface area contributed by atoms with Gasteiger partial charge in [-0.15, -0.1) is 6.58 Å². The van der Waals surface area contributed by atoms with Crippen molar-refractivity contribution in [2.75, 3.05) is 10.6 Å². The lowest BCUT2D eigenvalue weighted by molar-refractivity contribution is 0.584. The SMILES string of the molecule is C=CC[C@@H](Nc1nc(Nc2cc(F)cc(F)c2)nc2c(Br)cccc12)C1CC1. The Labute approximate surface area is 170 Å². The first-order valence-corrected chi connectivity index (χ1v) is 9.89. The van der Waals surface area contributed by atoms with Gasteiger partial charge in [-0.1, -0.05) is 12.1 Å². The van der Waals surface area contributed by atoms with E-state index in [4.69, 9.17) is 0 Å². The molecule has 1 heterocycles. The van der Waals surface area contributed by atoms with Crippen LogP contribution in [-0.4, -0.2) is 16.0 Å². The van der Waals surface area contributed by atoms with Crippen LogP contribution in [0.25, 0.3) is 10.9 Å². The average Bonchev–Trinajstić information content (AvgIpc) is 3.46. The molecule has 28 heavy (non-hydrogen) atoms. The zero-order valence-electron chi connectivity index (χ0n) is 15.1. The van der Waals surface area contributed by atoms with Gasteiger partial charge in [0.25, 0.3) is 0 Å². The van der Waals surface area contributed by atoms with Crippen LogP contribution in [0.1, 0.15) is 19.3 Å². The maximum atomic E-state index is 13.5. The standard InChI is InChI=1S/C21H19BrF2N4/c1-2-4-18(12-7-8-12)26-20-16-5-3-6-17(22)19(16)27-21(28-20)25-15-10-13(23)9-14(24)11-15/h2-3,5-6,9-12,18H,1,4,7-8H2,(H2,25,26,27,28)/t18-/m1/s1. The number of hydrogen-bond acceptors (Lipinski definition) is 4. The van der Waals surface area contributed by atoms with Gasteiger partial charge in [-0.3, -0.25) is 0 Å². The predicted molar refractivity (Wildman–Crippen MR) is 112 cm³/mol. The summed E-state index contributed by atoms with van der Waals surface area (Å²) in [4.78, 5) is 9.13. The Bertz CT molecular complexity index is 1020. The summed E-state index contributed by atoms with van der Waals surface area (Å²) in [7, 11) is 0. The number of nitrogens with one attached hydrogen (secondary N) is 2. The lowest BCUT2D eigenvalue weighted by atomic mass is 10.1. The van der Waals surface area contributed by atoms with Crippen LogP contribution in [0.5, 0.6) is 0 Å². The van der Waals surface area contributed by atoms with Crippen molar-refractivity contribution in [3.63, 3.8) is 0 Å². The molecule has 1 aromatic heterocycles. The number of para-hydroxylation sites is 1. The van der Waals surface area contributed by atoms with Crippen LogP contribution in [0.2, 0.25) is 0 Å². The van der Waals surface area contributed by atoms with Gasteiger partial charge in [0, 0.05) is 27.7 Å². The first kappa shape index (κ1) is 18.8. The Morgan fingerprint density at radius 2 is 1.93 bits per heavy atom. The minimum Gasteiger partial charge on any atom is -0.366 e. The molecule has 0 radical (unpaired) electrons. The molecule has 1 fully saturated rings. The zero-order chi connectivity index (χ0) is 19.7. The maximum Gasteiger partial charge on any atom is 0.229 e. The van der Waals surface area contributed by atoms with E-state index in [2.05, 4.69) is 43.1 Å². The lowest BCUT2D eigenvalue weighted by Gasteiger charge is -2.19. The molecule has 144 valence electrons. The van der Waals surface area contributed by atoms with Crippen molar-refractivity contribution in [3.8, 4) is 0 Å². The van der Waals surface area contributed by atoms with Crippen LogP contribution >= 0.6 is 15.9 Å². The number of fused-ring (bicyclic) bond motifs is 1. The summed E-state index contributed by atoms with van der Waals surface area (Å²) in [6, 6.07) is 9.25. The fourth-order valence-electron chi connectivity index (χ4n) is 3.26. The van der Waals surface area contributed by atoms with Crippen molar-refractivity contribution in [2.45, 2.75) is 25.3 Å². The van der Waals surface area contributed by atoms with E-state index < -0.39 is 11.6 Å². The van der Waals surface area contributed by atoms with Crippen molar-refractivity contribution in [1.82, 2.24) is 9.97 Å². The highest BCUT2D eigenvalue weighted by atomic mass is 79.9. The van der Waals surface area contributed by atoms with E-state index in [9.17, 15) is 8.78 Å². The van der Waals surface area contributed by atoms with Gasteiger partial charge in [-0.2, -0.15) is 4.98 Å². The second kappa shape index (κ2) is 7.83. The first-order valence-electron chi connectivity index (χ1n) is 9.10. The third-order valence-corrected chi connectivity index (χ3v) is 5.37. The smallest absolute Gasteiger partial charge is 0.229 e. The third-order valence-electron chi connectivity index (χ3n) is 4.73. The van der Waals surface area contributed by atoms with Crippen molar-refractivity contribution >= 4 is 44.3 Å².